The van der Waals surface area contributed by atoms with Gasteiger partial charge in [-0.25, -0.2) is 17.1 Å². The maximum Gasteiger partial charge on any atom is 0.242 e. The van der Waals surface area contributed by atoms with Crippen LogP contribution in [0.3, 0.4) is 0 Å². The van der Waals surface area contributed by atoms with Crippen LogP contribution in [0.15, 0.2) is 53.4 Å². The topological polar surface area (TPSA) is 66.5 Å². The van der Waals surface area contributed by atoms with Gasteiger partial charge in [0.25, 0.3) is 0 Å². The minimum Gasteiger partial charge on any atom is -0.352 e. The fourth-order valence-corrected chi connectivity index (χ4v) is 2.98. The first-order chi connectivity index (χ1) is 11.3. The van der Waals surface area contributed by atoms with Gasteiger partial charge in [-0.05, 0) is 23.8 Å². The SMILES string of the molecule is CN(C)S(=O)(=O)c1ccc(CC(=O)NCc2ccccc2F)cc1. The number of halogens is 1. The van der Waals surface area contributed by atoms with Crippen LogP contribution < -0.4 is 5.32 Å². The van der Waals surface area contributed by atoms with Gasteiger partial charge in [0.05, 0.1) is 11.3 Å². The van der Waals surface area contributed by atoms with Gasteiger partial charge in [-0.3, -0.25) is 4.79 Å². The minimum atomic E-state index is -3.48. The van der Waals surface area contributed by atoms with Gasteiger partial charge in [0.15, 0.2) is 0 Å². The summed E-state index contributed by atoms with van der Waals surface area (Å²) in [7, 11) is -0.567. The number of hydrogen-bond acceptors (Lipinski definition) is 3. The van der Waals surface area contributed by atoms with E-state index in [1.165, 1.54) is 32.3 Å². The van der Waals surface area contributed by atoms with Crippen LogP contribution in [0.4, 0.5) is 4.39 Å². The Bertz CT molecular complexity index is 818. The Labute approximate surface area is 141 Å². The van der Waals surface area contributed by atoms with Crippen LogP contribution in [0.25, 0.3) is 0 Å². The highest BCUT2D eigenvalue weighted by atomic mass is 32.2. The third kappa shape index (κ3) is 4.39. The molecule has 0 atom stereocenters. The molecule has 1 amide bonds. The molecule has 0 aromatic heterocycles. The van der Waals surface area contributed by atoms with Gasteiger partial charge in [-0.15, -0.1) is 0 Å². The molecule has 7 heteroatoms. The summed E-state index contributed by atoms with van der Waals surface area (Å²) >= 11 is 0. The summed E-state index contributed by atoms with van der Waals surface area (Å²) in [4.78, 5) is 12.1. The van der Waals surface area contributed by atoms with Crippen molar-refractivity contribution in [3.63, 3.8) is 0 Å². The summed E-state index contributed by atoms with van der Waals surface area (Å²) in [6, 6.07) is 12.4. The highest BCUT2D eigenvalue weighted by Gasteiger charge is 2.16. The molecule has 24 heavy (non-hydrogen) atoms. The van der Waals surface area contributed by atoms with Crippen LogP contribution >= 0.6 is 0 Å². The maximum absolute atomic E-state index is 13.5. The number of carbonyl (C=O) groups excluding carboxylic acids is 1. The van der Waals surface area contributed by atoms with Gasteiger partial charge < -0.3 is 5.32 Å². The summed E-state index contributed by atoms with van der Waals surface area (Å²) in [5.74, 6) is -0.627. The van der Waals surface area contributed by atoms with Crippen LogP contribution in [-0.4, -0.2) is 32.7 Å². The second kappa shape index (κ2) is 7.55. The number of amides is 1. The van der Waals surface area contributed by atoms with Gasteiger partial charge in [-0.1, -0.05) is 30.3 Å². The van der Waals surface area contributed by atoms with Crippen molar-refractivity contribution in [2.45, 2.75) is 17.9 Å². The van der Waals surface area contributed by atoms with E-state index in [0.29, 0.717) is 11.1 Å². The average Bonchev–Trinajstić information content (AvgIpc) is 2.54. The number of carbonyl (C=O) groups is 1. The minimum absolute atomic E-state index is 0.0940. The standard InChI is InChI=1S/C17H19FN2O3S/c1-20(2)24(22,23)15-9-7-13(8-10-15)11-17(21)19-12-14-5-3-4-6-16(14)18/h3-10H,11-12H2,1-2H3,(H,19,21). The van der Waals surface area contributed by atoms with Crippen molar-refractivity contribution in [2.24, 2.45) is 0 Å². The summed E-state index contributed by atoms with van der Waals surface area (Å²) in [5, 5.41) is 2.65. The fourth-order valence-electron chi connectivity index (χ4n) is 2.07. The Morgan fingerprint density at radius 2 is 1.71 bits per heavy atom. The van der Waals surface area contributed by atoms with Gasteiger partial charge in [0.1, 0.15) is 5.82 Å². The monoisotopic (exact) mass is 350 g/mol. The number of rotatable bonds is 6. The van der Waals surface area contributed by atoms with Crippen LogP contribution in [0.1, 0.15) is 11.1 Å². The van der Waals surface area contributed by atoms with E-state index >= 15 is 0 Å². The Kier molecular flexibility index (Phi) is 5.69. The highest BCUT2D eigenvalue weighted by molar-refractivity contribution is 7.89. The smallest absolute Gasteiger partial charge is 0.242 e. The number of nitrogens with one attached hydrogen (secondary N) is 1. The normalized spacial score (nSPS) is 11.5. The Morgan fingerprint density at radius 1 is 1.08 bits per heavy atom. The van der Waals surface area contributed by atoms with Gasteiger partial charge in [-0.2, -0.15) is 0 Å². The Hall–Kier alpha value is -2.25. The zero-order valence-electron chi connectivity index (χ0n) is 13.5. The van der Waals surface area contributed by atoms with Gasteiger partial charge in [0, 0.05) is 26.2 Å². The predicted molar refractivity (Wildman–Crippen MR) is 89.3 cm³/mol. The van der Waals surface area contributed by atoms with Crippen LogP contribution in [0, 0.1) is 5.82 Å². The van der Waals surface area contributed by atoms with Gasteiger partial charge in [0.2, 0.25) is 15.9 Å². The lowest BCUT2D eigenvalue weighted by Gasteiger charge is -2.11. The molecule has 0 aliphatic heterocycles. The highest BCUT2D eigenvalue weighted by Crippen LogP contribution is 2.14. The molecular weight excluding hydrogens is 331 g/mol. The molecule has 0 aliphatic rings. The van der Waals surface area contributed by atoms with E-state index in [9.17, 15) is 17.6 Å². The predicted octanol–water partition coefficient (Wildman–Crippen LogP) is 1.93. The molecule has 0 spiro atoms. The molecule has 0 fully saturated rings. The van der Waals surface area contributed by atoms with Crippen molar-refractivity contribution in [1.82, 2.24) is 9.62 Å². The third-order valence-corrected chi connectivity index (χ3v) is 5.33. The van der Waals surface area contributed by atoms with E-state index in [0.717, 1.165) is 4.31 Å². The second-order valence-electron chi connectivity index (χ2n) is 5.48. The third-order valence-electron chi connectivity index (χ3n) is 3.50. The molecule has 0 aliphatic carbocycles. The number of hydrogen-bond donors (Lipinski definition) is 1. The Morgan fingerprint density at radius 3 is 2.29 bits per heavy atom. The van der Waals surface area contributed by atoms with Crippen molar-refractivity contribution >= 4 is 15.9 Å². The molecule has 2 aromatic carbocycles. The molecule has 0 saturated heterocycles. The molecular formula is C17H19FN2O3S. The van der Waals surface area contributed by atoms with Crippen LogP contribution in [0.2, 0.25) is 0 Å². The molecule has 0 saturated carbocycles. The molecule has 0 radical (unpaired) electrons. The lowest BCUT2D eigenvalue weighted by molar-refractivity contribution is -0.120. The van der Waals surface area contributed by atoms with E-state index in [1.54, 1.807) is 30.3 Å². The van der Waals surface area contributed by atoms with E-state index in [1.807, 2.05) is 0 Å². The summed E-state index contributed by atoms with van der Waals surface area (Å²) < 4.78 is 38.5. The number of benzene rings is 2. The molecule has 0 bridgehead atoms. The summed E-state index contributed by atoms with van der Waals surface area (Å²) in [6.45, 7) is 0.110. The molecule has 2 aromatic rings. The Balaban J connectivity index is 1.96. The van der Waals surface area contributed by atoms with Crippen molar-refractivity contribution in [3.05, 3.63) is 65.5 Å². The molecule has 5 nitrogen and oxygen atoms in total. The van der Waals surface area contributed by atoms with Crippen molar-refractivity contribution in [2.75, 3.05) is 14.1 Å². The zero-order chi connectivity index (χ0) is 17.7. The van der Waals surface area contributed by atoms with Crippen LogP contribution in [-0.2, 0) is 27.8 Å². The largest absolute Gasteiger partial charge is 0.352 e. The van der Waals surface area contributed by atoms with E-state index in [2.05, 4.69) is 5.32 Å². The quantitative estimate of drug-likeness (QED) is 0.866. The second-order valence-corrected chi connectivity index (χ2v) is 7.63. The first-order valence-corrected chi connectivity index (χ1v) is 8.76. The average molecular weight is 350 g/mol. The number of nitrogens with zero attached hydrogens (tertiary/aromatic N) is 1. The molecule has 0 unspecified atom stereocenters. The molecule has 0 heterocycles. The van der Waals surface area contributed by atoms with Crippen molar-refractivity contribution in [3.8, 4) is 0 Å². The first kappa shape index (κ1) is 18.1. The van der Waals surface area contributed by atoms with Crippen molar-refractivity contribution < 1.29 is 17.6 Å². The summed E-state index contributed by atoms with van der Waals surface area (Å²) in [5.41, 5.74) is 1.09. The van der Waals surface area contributed by atoms with E-state index in [4.69, 9.17) is 0 Å². The molecule has 128 valence electrons. The van der Waals surface area contributed by atoms with E-state index in [-0.39, 0.29) is 29.6 Å². The molecule has 2 rings (SSSR count). The lowest BCUT2D eigenvalue weighted by atomic mass is 10.1. The lowest BCUT2D eigenvalue weighted by Crippen LogP contribution is -2.25. The molecule has 1 N–H and O–H groups in total. The zero-order valence-corrected chi connectivity index (χ0v) is 14.3. The fraction of sp³-hybridized carbons (Fsp3) is 0.235. The van der Waals surface area contributed by atoms with Crippen molar-refractivity contribution in [1.29, 1.82) is 0 Å². The van der Waals surface area contributed by atoms with Crippen LogP contribution in [0.5, 0.6) is 0 Å². The van der Waals surface area contributed by atoms with Gasteiger partial charge >= 0.3 is 0 Å². The maximum atomic E-state index is 13.5. The summed E-state index contributed by atoms with van der Waals surface area (Å²) in [6.07, 6.45) is 0.0940. The number of sulfonamides is 1. The van der Waals surface area contributed by atoms with E-state index < -0.39 is 10.0 Å². The first-order valence-electron chi connectivity index (χ1n) is 7.32.